The van der Waals surface area contributed by atoms with Crippen molar-refractivity contribution < 1.29 is 4.74 Å². The Labute approximate surface area is 132 Å². The molecule has 0 amide bonds. The van der Waals surface area contributed by atoms with Gasteiger partial charge in [-0.3, -0.25) is 0 Å². The van der Waals surface area contributed by atoms with Crippen LogP contribution in [0.2, 0.25) is 0 Å². The Hall–Kier alpha value is -1.37. The van der Waals surface area contributed by atoms with Crippen molar-refractivity contribution in [2.45, 2.75) is 26.7 Å². The molecule has 0 bridgehead atoms. The molecule has 0 unspecified atom stereocenters. The van der Waals surface area contributed by atoms with E-state index >= 15 is 0 Å². The molecule has 0 saturated heterocycles. The van der Waals surface area contributed by atoms with Crippen LogP contribution in [0.3, 0.4) is 0 Å². The number of nitrogens with two attached hydrogens (primary N) is 1. The van der Waals surface area contributed by atoms with Gasteiger partial charge in [0.15, 0.2) is 5.82 Å². The Morgan fingerprint density at radius 1 is 1.30 bits per heavy atom. The molecular weight excluding hydrogens is 365 g/mol. The van der Waals surface area contributed by atoms with Crippen molar-refractivity contribution in [3.63, 3.8) is 0 Å². The monoisotopic (exact) mass is 383 g/mol. The van der Waals surface area contributed by atoms with Crippen LogP contribution >= 0.6 is 22.6 Å². The number of benzene rings is 1. The van der Waals surface area contributed by atoms with E-state index in [2.05, 4.69) is 39.5 Å². The summed E-state index contributed by atoms with van der Waals surface area (Å²) < 4.78 is 6.23. The molecule has 0 aliphatic carbocycles. The van der Waals surface area contributed by atoms with Gasteiger partial charge in [-0.25, -0.2) is 9.97 Å². The summed E-state index contributed by atoms with van der Waals surface area (Å²) in [6.45, 7) is 4.14. The molecule has 5 heteroatoms. The zero-order valence-corrected chi connectivity index (χ0v) is 14.1. The van der Waals surface area contributed by atoms with E-state index in [9.17, 15) is 0 Å². The van der Waals surface area contributed by atoms with Gasteiger partial charge in [-0.2, -0.15) is 0 Å². The van der Waals surface area contributed by atoms with Gasteiger partial charge in [0, 0.05) is 5.56 Å². The second-order valence-electron chi connectivity index (χ2n) is 4.63. The highest BCUT2D eigenvalue weighted by Crippen LogP contribution is 2.26. The van der Waals surface area contributed by atoms with E-state index in [1.54, 1.807) is 7.11 Å². The number of aromatic nitrogens is 2. The highest BCUT2D eigenvalue weighted by Gasteiger charge is 2.11. The Morgan fingerprint density at radius 3 is 2.65 bits per heavy atom. The van der Waals surface area contributed by atoms with E-state index in [0.29, 0.717) is 11.6 Å². The Kier molecular flexibility index (Phi) is 4.80. The zero-order valence-electron chi connectivity index (χ0n) is 11.9. The normalized spacial score (nSPS) is 10.6. The summed E-state index contributed by atoms with van der Waals surface area (Å²) in [6, 6.07) is 5.92. The van der Waals surface area contributed by atoms with Gasteiger partial charge < -0.3 is 10.5 Å². The lowest BCUT2D eigenvalue weighted by Gasteiger charge is -2.10. The number of nitrogen functional groups attached to an aromatic ring is 1. The molecule has 2 aromatic rings. The maximum Gasteiger partial charge on any atom is 0.161 e. The summed E-state index contributed by atoms with van der Waals surface area (Å²) in [4.78, 5) is 9.05. The lowest BCUT2D eigenvalue weighted by Crippen LogP contribution is -2.05. The molecule has 2 N–H and O–H groups in total. The minimum atomic E-state index is 0.549. The summed E-state index contributed by atoms with van der Waals surface area (Å²) in [7, 11) is 1.67. The van der Waals surface area contributed by atoms with E-state index in [-0.39, 0.29) is 0 Å². The minimum absolute atomic E-state index is 0.549. The van der Waals surface area contributed by atoms with Crippen LogP contribution in [0.4, 0.5) is 5.82 Å². The predicted molar refractivity (Wildman–Crippen MR) is 89.9 cm³/mol. The topological polar surface area (TPSA) is 61.0 Å². The molecule has 0 aliphatic rings. The lowest BCUT2D eigenvalue weighted by molar-refractivity contribution is 0.412. The molecule has 0 saturated carbocycles. The standard InChI is InChI=1S/C15H18IN3O/c1-4-5-11-13(16)14(17)19-15(18-11)10-6-7-12(20-3)9(2)8-10/h6-8H,4-5H2,1-3H3,(H2,17,18,19). The smallest absolute Gasteiger partial charge is 0.161 e. The third-order valence-electron chi connectivity index (χ3n) is 3.09. The van der Waals surface area contributed by atoms with Gasteiger partial charge in [0.05, 0.1) is 16.4 Å². The van der Waals surface area contributed by atoms with Crippen molar-refractivity contribution in [2.24, 2.45) is 0 Å². The van der Waals surface area contributed by atoms with Gasteiger partial charge in [-0.05, 0) is 59.7 Å². The van der Waals surface area contributed by atoms with Gasteiger partial charge in [-0.1, -0.05) is 13.3 Å². The van der Waals surface area contributed by atoms with Gasteiger partial charge >= 0.3 is 0 Å². The molecule has 106 valence electrons. The van der Waals surface area contributed by atoms with E-state index < -0.39 is 0 Å². The average Bonchev–Trinajstić information content (AvgIpc) is 2.43. The quantitative estimate of drug-likeness (QED) is 0.820. The first-order valence-corrected chi connectivity index (χ1v) is 7.61. The third kappa shape index (κ3) is 3.03. The fourth-order valence-corrected chi connectivity index (χ4v) is 2.57. The van der Waals surface area contributed by atoms with Gasteiger partial charge in [0.25, 0.3) is 0 Å². The van der Waals surface area contributed by atoms with Crippen LogP contribution in [-0.2, 0) is 6.42 Å². The number of aryl methyl sites for hydroxylation is 2. The second kappa shape index (κ2) is 6.39. The van der Waals surface area contributed by atoms with Crippen molar-refractivity contribution in [3.8, 4) is 17.1 Å². The first kappa shape index (κ1) is 15.0. The summed E-state index contributed by atoms with van der Waals surface area (Å²) in [5.41, 5.74) is 9.04. The Balaban J connectivity index is 2.49. The van der Waals surface area contributed by atoms with Crippen LogP contribution in [0.1, 0.15) is 24.6 Å². The molecule has 0 aliphatic heterocycles. The summed E-state index contributed by atoms with van der Waals surface area (Å²) in [5, 5.41) is 0. The van der Waals surface area contributed by atoms with Crippen LogP contribution in [0.25, 0.3) is 11.4 Å². The molecule has 20 heavy (non-hydrogen) atoms. The largest absolute Gasteiger partial charge is 0.496 e. The van der Waals surface area contributed by atoms with E-state index in [1.165, 1.54) is 0 Å². The highest BCUT2D eigenvalue weighted by atomic mass is 127. The first-order chi connectivity index (χ1) is 9.56. The first-order valence-electron chi connectivity index (χ1n) is 6.53. The number of nitrogens with zero attached hydrogens (tertiary/aromatic N) is 2. The predicted octanol–water partition coefficient (Wildman–Crippen LogP) is 3.60. The summed E-state index contributed by atoms with van der Waals surface area (Å²) in [6.07, 6.45) is 1.95. The molecule has 0 spiro atoms. The molecule has 2 rings (SSSR count). The Morgan fingerprint density at radius 2 is 2.05 bits per heavy atom. The van der Waals surface area contributed by atoms with Gasteiger partial charge in [0.1, 0.15) is 11.6 Å². The third-order valence-corrected chi connectivity index (χ3v) is 4.26. The fourth-order valence-electron chi connectivity index (χ4n) is 2.06. The van der Waals surface area contributed by atoms with Crippen LogP contribution < -0.4 is 10.5 Å². The maximum absolute atomic E-state index is 6.00. The van der Waals surface area contributed by atoms with Crippen LogP contribution in [0, 0.1) is 10.5 Å². The van der Waals surface area contributed by atoms with Crippen molar-refractivity contribution >= 4 is 28.4 Å². The number of hydrogen-bond donors (Lipinski definition) is 1. The van der Waals surface area contributed by atoms with Crippen LogP contribution in [0.15, 0.2) is 18.2 Å². The summed E-state index contributed by atoms with van der Waals surface area (Å²) >= 11 is 2.21. The average molecular weight is 383 g/mol. The fraction of sp³-hybridized carbons (Fsp3) is 0.333. The van der Waals surface area contributed by atoms with Crippen molar-refractivity contribution in [3.05, 3.63) is 33.0 Å². The molecule has 1 heterocycles. The molecule has 4 nitrogen and oxygen atoms in total. The highest BCUT2D eigenvalue weighted by molar-refractivity contribution is 14.1. The van der Waals surface area contributed by atoms with Gasteiger partial charge in [0.2, 0.25) is 0 Å². The van der Waals surface area contributed by atoms with E-state index in [4.69, 9.17) is 10.5 Å². The number of rotatable bonds is 4. The Bertz CT molecular complexity index is 629. The molecule has 1 aromatic carbocycles. The molecule has 0 atom stereocenters. The molecule has 0 fully saturated rings. The number of halogens is 1. The second-order valence-corrected chi connectivity index (χ2v) is 5.71. The zero-order chi connectivity index (χ0) is 14.7. The van der Waals surface area contributed by atoms with Crippen molar-refractivity contribution in [2.75, 3.05) is 12.8 Å². The molecular formula is C15H18IN3O. The van der Waals surface area contributed by atoms with Crippen LogP contribution in [0.5, 0.6) is 5.75 Å². The number of anilines is 1. The molecule has 1 aromatic heterocycles. The van der Waals surface area contributed by atoms with Crippen molar-refractivity contribution in [1.29, 1.82) is 0 Å². The van der Waals surface area contributed by atoms with Crippen molar-refractivity contribution in [1.82, 2.24) is 9.97 Å². The van der Waals surface area contributed by atoms with E-state index in [0.717, 1.165) is 39.0 Å². The minimum Gasteiger partial charge on any atom is -0.496 e. The SMILES string of the molecule is CCCc1nc(-c2ccc(OC)c(C)c2)nc(N)c1I. The van der Waals surface area contributed by atoms with Crippen LogP contribution in [-0.4, -0.2) is 17.1 Å². The van der Waals surface area contributed by atoms with E-state index in [1.807, 2.05) is 25.1 Å². The number of hydrogen-bond acceptors (Lipinski definition) is 4. The number of ether oxygens (including phenoxy) is 1. The lowest BCUT2D eigenvalue weighted by atomic mass is 10.1. The number of methoxy groups -OCH3 is 1. The molecule has 0 radical (unpaired) electrons. The summed E-state index contributed by atoms with van der Waals surface area (Å²) in [5.74, 6) is 2.09. The maximum atomic E-state index is 6.00. The van der Waals surface area contributed by atoms with Gasteiger partial charge in [-0.15, -0.1) is 0 Å².